The number of benzene rings is 2. The summed E-state index contributed by atoms with van der Waals surface area (Å²) in [5, 5.41) is 9.62. The minimum absolute atomic E-state index is 0.311. The molecule has 1 saturated heterocycles. The first-order valence-corrected chi connectivity index (χ1v) is 11.3. The van der Waals surface area contributed by atoms with E-state index in [9.17, 15) is 5.26 Å². The molecule has 0 unspecified atom stereocenters. The molecule has 0 spiro atoms. The predicted octanol–water partition coefficient (Wildman–Crippen LogP) is 5.20. The lowest BCUT2D eigenvalue weighted by molar-refractivity contribution is 0.324. The Morgan fingerprint density at radius 3 is 2.29 bits per heavy atom. The van der Waals surface area contributed by atoms with E-state index in [1.54, 1.807) is 27.4 Å². The molecule has 2 aromatic carbocycles. The summed E-state index contributed by atoms with van der Waals surface area (Å²) in [6, 6.07) is 16.4. The standard InChI is InChI=1S/C27H29N3O4/c1-31-23-16-21(17-24(32-2)26(23)33-3)9-10-25-29-22(18-28)27(34-25)30-13-11-20(12-14-30)15-19-7-5-4-6-8-19/h4-10,16-17,20H,11-15H2,1-3H3/b10-9+. The van der Waals surface area contributed by atoms with Crippen molar-refractivity contribution >= 4 is 18.0 Å². The summed E-state index contributed by atoms with van der Waals surface area (Å²) < 4.78 is 22.2. The second-order valence-electron chi connectivity index (χ2n) is 8.23. The number of nitrogens with zero attached hydrogens (tertiary/aromatic N) is 3. The highest BCUT2D eigenvalue weighted by Gasteiger charge is 2.25. The van der Waals surface area contributed by atoms with Gasteiger partial charge in [0.1, 0.15) is 6.07 Å². The molecule has 1 aromatic heterocycles. The Labute approximate surface area is 200 Å². The maximum atomic E-state index is 9.62. The molecule has 0 N–H and O–H groups in total. The lowest BCUT2D eigenvalue weighted by Crippen LogP contribution is -2.34. The van der Waals surface area contributed by atoms with Crippen molar-refractivity contribution in [3.05, 3.63) is 65.2 Å². The van der Waals surface area contributed by atoms with Crippen LogP contribution in [0.25, 0.3) is 12.2 Å². The van der Waals surface area contributed by atoms with Gasteiger partial charge in [-0.3, -0.25) is 0 Å². The number of ether oxygens (including phenoxy) is 3. The van der Waals surface area contributed by atoms with Gasteiger partial charge in [-0.05, 0) is 54.5 Å². The maximum Gasteiger partial charge on any atom is 0.235 e. The number of rotatable bonds is 8. The minimum atomic E-state index is 0.311. The van der Waals surface area contributed by atoms with Gasteiger partial charge >= 0.3 is 0 Å². The van der Waals surface area contributed by atoms with Gasteiger partial charge in [0.2, 0.25) is 23.2 Å². The summed E-state index contributed by atoms with van der Waals surface area (Å²) in [6.07, 6.45) is 6.77. The van der Waals surface area contributed by atoms with Crippen LogP contribution in [-0.4, -0.2) is 39.4 Å². The summed E-state index contributed by atoms with van der Waals surface area (Å²) in [5.74, 6) is 3.21. The Bertz CT molecular complexity index is 1150. The van der Waals surface area contributed by atoms with Crippen LogP contribution in [0.3, 0.4) is 0 Å². The Kier molecular flexibility index (Phi) is 7.38. The molecule has 7 nitrogen and oxygen atoms in total. The van der Waals surface area contributed by atoms with Gasteiger partial charge in [-0.15, -0.1) is 0 Å². The SMILES string of the molecule is COc1cc(/C=C/c2nc(C#N)c(N3CCC(Cc4ccccc4)CC3)o2)cc(OC)c1OC. The minimum Gasteiger partial charge on any atom is -0.493 e. The van der Waals surface area contributed by atoms with Crippen LogP contribution in [0.15, 0.2) is 46.9 Å². The number of piperidine rings is 1. The van der Waals surface area contributed by atoms with Crippen LogP contribution in [0.1, 0.15) is 35.6 Å². The molecule has 1 aliphatic rings. The van der Waals surface area contributed by atoms with Crippen LogP contribution < -0.4 is 19.1 Å². The third kappa shape index (κ3) is 5.18. The predicted molar refractivity (Wildman–Crippen MR) is 131 cm³/mol. The number of anilines is 1. The van der Waals surface area contributed by atoms with E-state index < -0.39 is 0 Å². The zero-order chi connectivity index (χ0) is 23.9. The number of hydrogen-bond donors (Lipinski definition) is 0. The number of nitriles is 1. The molecule has 1 fully saturated rings. The van der Waals surface area contributed by atoms with Crippen LogP contribution in [0.4, 0.5) is 5.88 Å². The van der Waals surface area contributed by atoms with E-state index in [4.69, 9.17) is 18.6 Å². The fourth-order valence-corrected chi connectivity index (χ4v) is 4.34. The van der Waals surface area contributed by atoms with Crippen molar-refractivity contribution in [2.45, 2.75) is 19.3 Å². The van der Waals surface area contributed by atoms with E-state index in [-0.39, 0.29) is 0 Å². The molecular weight excluding hydrogens is 430 g/mol. The van der Waals surface area contributed by atoms with Crippen LogP contribution >= 0.6 is 0 Å². The Hall–Kier alpha value is -3.92. The molecular formula is C27H29N3O4. The average molecular weight is 460 g/mol. The zero-order valence-corrected chi connectivity index (χ0v) is 19.8. The van der Waals surface area contributed by atoms with E-state index in [2.05, 4.69) is 40.2 Å². The molecule has 0 bridgehead atoms. The summed E-state index contributed by atoms with van der Waals surface area (Å²) in [4.78, 5) is 6.51. The van der Waals surface area contributed by atoms with Crippen LogP contribution in [0.5, 0.6) is 17.2 Å². The first-order chi connectivity index (χ1) is 16.6. The van der Waals surface area contributed by atoms with Crippen LogP contribution in [-0.2, 0) is 6.42 Å². The monoisotopic (exact) mass is 459 g/mol. The van der Waals surface area contributed by atoms with Crippen molar-refractivity contribution in [3.63, 3.8) is 0 Å². The molecule has 4 rings (SSSR count). The average Bonchev–Trinajstić information content (AvgIpc) is 3.31. The maximum absolute atomic E-state index is 9.62. The summed E-state index contributed by atoms with van der Waals surface area (Å²) in [5.41, 5.74) is 2.51. The first kappa shape index (κ1) is 23.2. The molecule has 7 heteroatoms. The molecule has 0 radical (unpaired) electrons. The Balaban J connectivity index is 1.46. The van der Waals surface area contributed by atoms with Gasteiger partial charge in [-0.2, -0.15) is 10.2 Å². The Morgan fingerprint density at radius 1 is 1.03 bits per heavy atom. The molecule has 0 aliphatic carbocycles. The largest absolute Gasteiger partial charge is 0.493 e. The topological polar surface area (TPSA) is 80.8 Å². The first-order valence-electron chi connectivity index (χ1n) is 11.3. The van der Waals surface area contributed by atoms with Crippen molar-refractivity contribution < 1.29 is 18.6 Å². The van der Waals surface area contributed by atoms with Crippen molar-refractivity contribution in [2.75, 3.05) is 39.3 Å². The van der Waals surface area contributed by atoms with Crippen molar-refractivity contribution in [1.29, 1.82) is 5.26 Å². The number of oxazole rings is 1. The third-order valence-electron chi connectivity index (χ3n) is 6.11. The van der Waals surface area contributed by atoms with Gasteiger partial charge < -0.3 is 23.5 Å². The van der Waals surface area contributed by atoms with Gasteiger partial charge in [0.05, 0.1) is 21.3 Å². The number of methoxy groups -OCH3 is 3. The highest BCUT2D eigenvalue weighted by molar-refractivity contribution is 5.71. The van der Waals surface area contributed by atoms with Crippen molar-refractivity contribution in [2.24, 2.45) is 5.92 Å². The summed E-state index contributed by atoms with van der Waals surface area (Å²) in [7, 11) is 4.72. The highest BCUT2D eigenvalue weighted by atomic mass is 16.5. The number of hydrogen-bond acceptors (Lipinski definition) is 7. The van der Waals surface area contributed by atoms with E-state index in [0.29, 0.717) is 40.6 Å². The smallest absolute Gasteiger partial charge is 0.235 e. The quantitative estimate of drug-likeness (QED) is 0.458. The van der Waals surface area contributed by atoms with Gasteiger partial charge in [-0.25, -0.2) is 0 Å². The van der Waals surface area contributed by atoms with Gasteiger partial charge in [0.15, 0.2) is 11.5 Å². The van der Waals surface area contributed by atoms with E-state index in [1.807, 2.05) is 24.3 Å². The molecule has 0 atom stereocenters. The fraction of sp³-hybridized carbons (Fsp3) is 0.333. The van der Waals surface area contributed by atoms with Crippen LogP contribution in [0, 0.1) is 17.2 Å². The number of aromatic nitrogens is 1. The molecule has 2 heterocycles. The Morgan fingerprint density at radius 2 is 1.71 bits per heavy atom. The molecule has 0 amide bonds. The van der Waals surface area contributed by atoms with Crippen LogP contribution in [0.2, 0.25) is 0 Å². The van der Waals surface area contributed by atoms with Gasteiger partial charge in [0, 0.05) is 19.2 Å². The summed E-state index contributed by atoms with van der Waals surface area (Å²) >= 11 is 0. The van der Waals surface area contributed by atoms with E-state index in [0.717, 1.165) is 37.9 Å². The molecule has 3 aromatic rings. The van der Waals surface area contributed by atoms with E-state index >= 15 is 0 Å². The second-order valence-corrected chi connectivity index (χ2v) is 8.23. The molecule has 176 valence electrons. The molecule has 34 heavy (non-hydrogen) atoms. The van der Waals surface area contributed by atoms with Crippen molar-refractivity contribution in [1.82, 2.24) is 4.98 Å². The van der Waals surface area contributed by atoms with Crippen molar-refractivity contribution in [3.8, 4) is 23.3 Å². The highest BCUT2D eigenvalue weighted by Crippen LogP contribution is 2.38. The summed E-state index contributed by atoms with van der Waals surface area (Å²) in [6.45, 7) is 1.69. The third-order valence-corrected chi connectivity index (χ3v) is 6.11. The zero-order valence-electron chi connectivity index (χ0n) is 19.8. The fourth-order valence-electron chi connectivity index (χ4n) is 4.34. The van der Waals surface area contributed by atoms with E-state index in [1.165, 1.54) is 5.56 Å². The molecule has 0 saturated carbocycles. The normalized spacial score (nSPS) is 14.2. The van der Waals surface area contributed by atoms with Gasteiger partial charge in [0.25, 0.3) is 0 Å². The lowest BCUT2D eigenvalue weighted by Gasteiger charge is -2.31. The lowest BCUT2D eigenvalue weighted by atomic mass is 9.90. The second kappa shape index (κ2) is 10.8. The van der Waals surface area contributed by atoms with Gasteiger partial charge in [-0.1, -0.05) is 30.3 Å². The molecule has 1 aliphatic heterocycles.